The molecule has 0 bridgehead atoms. The fraction of sp³-hybridized carbons (Fsp3) is 0.793. The molecule has 13 nitrogen and oxygen atoms in total. The first-order valence-corrected chi connectivity index (χ1v) is 28.2. The Hall–Kier alpha value is -3.84. The summed E-state index contributed by atoms with van der Waals surface area (Å²) < 4.78 is 30.5. The number of methoxy groups -OCH3 is 1. The minimum Gasteiger partial charge on any atom is -0.497 e. The van der Waals surface area contributed by atoms with E-state index in [0.29, 0.717) is 67.8 Å². The fourth-order valence-corrected chi connectivity index (χ4v) is 8.63. The van der Waals surface area contributed by atoms with Gasteiger partial charge >= 0.3 is 12.2 Å². The molecule has 408 valence electrons. The molecule has 2 rings (SSSR count). The Morgan fingerprint density at radius 3 is 1.66 bits per heavy atom. The van der Waals surface area contributed by atoms with Crippen LogP contribution < -0.4 is 20.7 Å². The van der Waals surface area contributed by atoms with Gasteiger partial charge in [0.2, 0.25) is 11.8 Å². The molecule has 0 spiro atoms. The fourth-order valence-electron chi connectivity index (χ4n) is 8.63. The van der Waals surface area contributed by atoms with Gasteiger partial charge in [-0.05, 0) is 97.4 Å². The summed E-state index contributed by atoms with van der Waals surface area (Å²) in [6.07, 6.45) is 32.1. The Morgan fingerprint density at radius 2 is 1.14 bits per heavy atom. The average Bonchev–Trinajstić information content (AvgIpc) is 3.67. The van der Waals surface area contributed by atoms with Crippen LogP contribution in [-0.2, 0) is 35.0 Å². The van der Waals surface area contributed by atoms with Crippen molar-refractivity contribution < 1.29 is 42.9 Å². The highest BCUT2D eigenvalue weighted by Gasteiger charge is 2.25. The van der Waals surface area contributed by atoms with Crippen molar-refractivity contribution >= 4 is 34.9 Å². The highest BCUT2D eigenvalue weighted by Crippen LogP contribution is 2.28. The molecule has 2 atom stereocenters. The van der Waals surface area contributed by atoms with E-state index in [9.17, 15) is 19.2 Å². The second kappa shape index (κ2) is 37.8. The molecule has 1 aromatic heterocycles. The van der Waals surface area contributed by atoms with Crippen molar-refractivity contribution in [3.63, 3.8) is 0 Å². The highest BCUT2D eigenvalue weighted by atomic mass is 16.6. The SMILES string of the molecule is CCCCCCCCCCCCCCOCC(CNC(=O)C(CCCCNC(=O)OC(C)(C)C)NC(=O)Cc1cn(C(=O)OC(C)(C)C)c2ccc(OC)cc12)OCCCCCCCCCCCCCC. The van der Waals surface area contributed by atoms with Crippen LogP contribution in [0.3, 0.4) is 0 Å². The normalized spacial score (nSPS) is 12.7. The van der Waals surface area contributed by atoms with Crippen LogP contribution in [-0.4, -0.2) is 91.9 Å². The molecule has 3 amide bonds. The molecule has 2 unspecified atom stereocenters. The second-order valence-electron chi connectivity index (χ2n) is 21.7. The van der Waals surface area contributed by atoms with Crippen LogP contribution in [0, 0.1) is 0 Å². The number of nitrogens with one attached hydrogen (secondary N) is 3. The van der Waals surface area contributed by atoms with Gasteiger partial charge in [0.05, 0.1) is 31.8 Å². The topological polar surface area (TPSA) is 155 Å². The predicted molar refractivity (Wildman–Crippen MR) is 290 cm³/mol. The third kappa shape index (κ3) is 31.4. The highest BCUT2D eigenvalue weighted by molar-refractivity contribution is 5.96. The minimum absolute atomic E-state index is 0.0960. The Balaban J connectivity index is 2.08. The molecule has 0 saturated heterocycles. The number of alkyl carbamates (subject to hydrolysis) is 1. The summed E-state index contributed by atoms with van der Waals surface area (Å²) in [4.78, 5) is 53.6. The van der Waals surface area contributed by atoms with Crippen LogP contribution in [0.5, 0.6) is 5.75 Å². The van der Waals surface area contributed by atoms with Crippen LogP contribution in [0.4, 0.5) is 9.59 Å². The monoisotopic (exact) mass is 999 g/mol. The van der Waals surface area contributed by atoms with Crippen molar-refractivity contribution in [1.82, 2.24) is 20.5 Å². The standard InChI is InChI=1S/C58H102N4O9/c1-10-12-14-16-18-20-22-24-26-28-30-34-40-68-46-49(69-41-35-31-29-27-25-23-21-19-17-15-13-11-2)44-60-54(64)51(36-32-33-39-59-55(65)70-57(3,4)5)61-53(63)42-47-45-62(56(66)71-58(6,7)8)52-38-37-48(67-9)43-50(47)52/h37-38,43,45,49,51H,10-36,39-42,44,46H2,1-9H3,(H,59,65)(H,60,64)(H,61,63). The van der Waals surface area contributed by atoms with E-state index in [-0.39, 0.29) is 30.9 Å². The molecular weight excluding hydrogens is 897 g/mol. The molecule has 1 heterocycles. The van der Waals surface area contributed by atoms with Crippen molar-refractivity contribution in [3.05, 3.63) is 30.0 Å². The lowest BCUT2D eigenvalue weighted by molar-refractivity contribution is -0.129. The molecule has 13 heteroatoms. The first-order chi connectivity index (χ1) is 34.1. The predicted octanol–water partition coefficient (Wildman–Crippen LogP) is 14.1. The van der Waals surface area contributed by atoms with Crippen LogP contribution >= 0.6 is 0 Å². The minimum atomic E-state index is -0.864. The van der Waals surface area contributed by atoms with Gasteiger partial charge < -0.3 is 39.6 Å². The number of benzene rings is 1. The van der Waals surface area contributed by atoms with Gasteiger partial charge in [-0.1, -0.05) is 155 Å². The first kappa shape index (κ1) is 63.3. The lowest BCUT2D eigenvalue weighted by Gasteiger charge is -2.22. The lowest BCUT2D eigenvalue weighted by Crippen LogP contribution is -2.49. The molecule has 3 N–H and O–H groups in total. The van der Waals surface area contributed by atoms with Gasteiger partial charge in [-0.3, -0.25) is 14.2 Å². The van der Waals surface area contributed by atoms with Crippen LogP contribution in [0.1, 0.15) is 234 Å². The van der Waals surface area contributed by atoms with Crippen LogP contribution in [0.15, 0.2) is 24.4 Å². The Kier molecular flexibility index (Phi) is 33.7. The number of rotatable bonds is 41. The third-order valence-corrected chi connectivity index (χ3v) is 12.6. The molecule has 0 aliphatic carbocycles. The van der Waals surface area contributed by atoms with E-state index in [1.807, 2.05) is 20.8 Å². The van der Waals surface area contributed by atoms with E-state index < -0.39 is 29.4 Å². The molecule has 0 aliphatic heterocycles. The van der Waals surface area contributed by atoms with Gasteiger partial charge in [-0.2, -0.15) is 0 Å². The van der Waals surface area contributed by atoms with Gasteiger partial charge in [0, 0.05) is 37.9 Å². The number of aromatic nitrogens is 1. The van der Waals surface area contributed by atoms with Crippen molar-refractivity contribution in [2.45, 2.75) is 259 Å². The lowest BCUT2D eigenvalue weighted by atomic mass is 10.1. The molecule has 0 saturated carbocycles. The van der Waals surface area contributed by atoms with Crippen molar-refractivity contribution in [2.75, 3.05) is 40.0 Å². The summed E-state index contributed by atoms with van der Waals surface area (Å²) in [5.41, 5.74) is -0.187. The van der Waals surface area contributed by atoms with Crippen molar-refractivity contribution in [1.29, 1.82) is 0 Å². The van der Waals surface area contributed by atoms with E-state index in [1.165, 1.54) is 133 Å². The zero-order valence-corrected chi connectivity index (χ0v) is 46.4. The number of ether oxygens (including phenoxy) is 5. The van der Waals surface area contributed by atoms with E-state index in [2.05, 4.69) is 29.8 Å². The smallest absolute Gasteiger partial charge is 0.419 e. The maximum absolute atomic E-state index is 14.1. The molecule has 0 radical (unpaired) electrons. The van der Waals surface area contributed by atoms with Crippen molar-refractivity contribution in [2.24, 2.45) is 0 Å². The molecular formula is C58H102N4O9. The van der Waals surface area contributed by atoms with Gasteiger partial charge in [0.1, 0.15) is 23.0 Å². The number of carbonyl (C=O) groups is 4. The summed E-state index contributed by atoms with van der Waals surface area (Å²) in [5, 5.41) is 9.52. The molecule has 2 aromatic rings. The number of nitrogens with zero attached hydrogens (tertiary/aromatic N) is 1. The van der Waals surface area contributed by atoms with E-state index in [4.69, 9.17) is 23.7 Å². The maximum Gasteiger partial charge on any atom is 0.419 e. The summed E-state index contributed by atoms with van der Waals surface area (Å²) in [6, 6.07) is 4.44. The van der Waals surface area contributed by atoms with Crippen molar-refractivity contribution in [3.8, 4) is 5.75 Å². The summed E-state index contributed by atoms with van der Waals surface area (Å²) >= 11 is 0. The van der Waals surface area contributed by atoms with Gasteiger partial charge in [-0.15, -0.1) is 0 Å². The van der Waals surface area contributed by atoms with E-state index >= 15 is 0 Å². The Labute approximate surface area is 431 Å². The van der Waals surface area contributed by atoms with Gasteiger partial charge in [-0.25, -0.2) is 9.59 Å². The first-order valence-electron chi connectivity index (χ1n) is 28.2. The largest absolute Gasteiger partial charge is 0.497 e. The third-order valence-electron chi connectivity index (χ3n) is 12.6. The quantitative estimate of drug-likeness (QED) is 0.0552. The zero-order chi connectivity index (χ0) is 52.2. The van der Waals surface area contributed by atoms with Crippen LogP contribution in [0.25, 0.3) is 10.9 Å². The number of hydrogen-bond acceptors (Lipinski definition) is 9. The van der Waals surface area contributed by atoms with E-state index in [1.54, 1.807) is 52.3 Å². The Bertz CT molecular complexity index is 1730. The molecule has 0 aliphatic rings. The van der Waals surface area contributed by atoms with Gasteiger partial charge in [0.15, 0.2) is 0 Å². The summed E-state index contributed by atoms with van der Waals surface area (Å²) in [5.74, 6) is -0.128. The molecule has 0 fully saturated rings. The summed E-state index contributed by atoms with van der Waals surface area (Å²) in [7, 11) is 1.56. The van der Waals surface area contributed by atoms with Gasteiger partial charge in [0.25, 0.3) is 0 Å². The average molecular weight is 999 g/mol. The maximum atomic E-state index is 14.1. The number of unbranched alkanes of at least 4 members (excludes halogenated alkanes) is 23. The number of hydrogen-bond donors (Lipinski definition) is 3. The number of carbonyl (C=O) groups excluding carboxylic acids is 4. The second-order valence-corrected chi connectivity index (χ2v) is 21.7. The zero-order valence-electron chi connectivity index (χ0n) is 46.4. The van der Waals surface area contributed by atoms with E-state index in [0.717, 1.165) is 25.7 Å². The number of fused-ring (bicyclic) bond motifs is 1. The molecule has 1 aromatic carbocycles. The summed E-state index contributed by atoms with van der Waals surface area (Å²) in [6.45, 7) is 17.6. The van der Waals surface area contributed by atoms with Crippen LogP contribution in [0.2, 0.25) is 0 Å². The number of amides is 3. The Morgan fingerprint density at radius 1 is 0.620 bits per heavy atom. The molecule has 71 heavy (non-hydrogen) atoms.